The molecule has 0 radical (unpaired) electrons. The second-order valence-electron chi connectivity index (χ2n) is 4.07. The van der Waals surface area contributed by atoms with Crippen LogP contribution in [0.2, 0.25) is 0 Å². The molecule has 80 valence electrons. The lowest BCUT2D eigenvalue weighted by Crippen LogP contribution is -2.13. The zero-order valence-electron chi connectivity index (χ0n) is 9.14. The van der Waals surface area contributed by atoms with E-state index in [4.69, 9.17) is 5.73 Å². The molecule has 0 aliphatic heterocycles. The molecule has 0 spiro atoms. The Hall–Kier alpha value is -1.42. The molecule has 15 heavy (non-hydrogen) atoms. The summed E-state index contributed by atoms with van der Waals surface area (Å²) >= 11 is 0. The third-order valence-electron chi connectivity index (χ3n) is 2.61. The van der Waals surface area contributed by atoms with Crippen LogP contribution in [-0.2, 0) is 13.5 Å². The first-order chi connectivity index (χ1) is 7.20. The van der Waals surface area contributed by atoms with Crippen molar-refractivity contribution < 1.29 is 0 Å². The molecule has 2 aromatic heterocycles. The SMILES string of the molecule is CC(CN)Cc1cnc2c(cnn2C)c1. The molecule has 0 aliphatic carbocycles. The smallest absolute Gasteiger partial charge is 0.157 e. The van der Waals surface area contributed by atoms with Crippen molar-refractivity contribution in [3.05, 3.63) is 24.0 Å². The van der Waals surface area contributed by atoms with Crippen molar-refractivity contribution in [1.82, 2.24) is 14.8 Å². The van der Waals surface area contributed by atoms with Gasteiger partial charge in [0.05, 0.1) is 6.20 Å². The minimum atomic E-state index is 0.501. The number of aryl methyl sites for hydroxylation is 1. The van der Waals surface area contributed by atoms with E-state index in [-0.39, 0.29) is 0 Å². The molecule has 4 nitrogen and oxygen atoms in total. The van der Waals surface area contributed by atoms with Gasteiger partial charge in [-0.15, -0.1) is 0 Å². The Balaban J connectivity index is 2.31. The minimum absolute atomic E-state index is 0.501. The molecule has 0 saturated carbocycles. The number of aromatic nitrogens is 3. The highest BCUT2D eigenvalue weighted by Gasteiger charge is 2.05. The summed E-state index contributed by atoms with van der Waals surface area (Å²) in [6.45, 7) is 2.86. The largest absolute Gasteiger partial charge is 0.330 e. The molecule has 0 fully saturated rings. The van der Waals surface area contributed by atoms with Gasteiger partial charge in [0.1, 0.15) is 0 Å². The molecule has 0 bridgehead atoms. The normalized spacial score (nSPS) is 13.3. The van der Waals surface area contributed by atoms with E-state index < -0.39 is 0 Å². The number of nitrogens with zero attached hydrogens (tertiary/aromatic N) is 3. The van der Waals surface area contributed by atoms with Crippen molar-refractivity contribution in [3.8, 4) is 0 Å². The van der Waals surface area contributed by atoms with Crippen molar-refractivity contribution in [2.45, 2.75) is 13.3 Å². The van der Waals surface area contributed by atoms with Crippen molar-refractivity contribution in [2.75, 3.05) is 6.54 Å². The maximum absolute atomic E-state index is 5.60. The number of pyridine rings is 1. The van der Waals surface area contributed by atoms with Gasteiger partial charge >= 0.3 is 0 Å². The monoisotopic (exact) mass is 204 g/mol. The van der Waals surface area contributed by atoms with Crippen LogP contribution in [0.4, 0.5) is 0 Å². The average Bonchev–Trinajstić information content (AvgIpc) is 2.60. The summed E-state index contributed by atoms with van der Waals surface area (Å²) in [4.78, 5) is 4.39. The van der Waals surface area contributed by atoms with Crippen LogP contribution in [0.15, 0.2) is 18.5 Å². The quantitative estimate of drug-likeness (QED) is 0.814. The van der Waals surface area contributed by atoms with Gasteiger partial charge in [0.15, 0.2) is 5.65 Å². The Kier molecular flexibility index (Phi) is 2.68. The fraction of sp³-hybridized carbons (Fsp3) is 0.455. The lowest BCUT2D eigenvalue weighted by Gasteiger charge is -2.07. The fourth-order valence-electron chi connectivity index (χ4n) is 1.69. The molecule has 0 saturated heterocycles. The van der Waals surface area contributed by atoms with Gasteiger partial charge in [-0.25, -0.2) is 4.98 Å². The Bertz CT molecular complexity index is 461. The van der Waals surface area contributed by atoms with Gasteiger partial charge in [-0.2, -0.15) is 5.10 Å². The van der Waals surface area contributed by atoms with Crippen LogP contribution >= 0.6 is 0 Å². The molecule has 1 atom stereocenters. The molecular formula is C11H16N4. The van der Waals surface area contributed by atoms with Gasteiger partial charge < -0.3 is 5.73 Å². The van der Waals surface area contributed by atoms with Crippen LogP contribution in [-0.4, -0.2) is 21.3 Å². The Morgan fingerprint density at radius 3 is 3.00 bits per heavy atom. The maximum atomic E-state index is 5.60. The highest BCUT2D eigenvalue weighted by molar-refractivity contribution is 5.74. The minimum Gasteiger partial charge on any atom is -0.330 e. The van der Waals surface area contributed by atoms with E-state index >= 15 is 0 Å². The predicted molar refractivity (Wildman–Crippen MR) is 60.4 cm³/mol. The summed E-state index contributed by atoms with van der Waals surface area (Å²) in [5.41, 5.74) is 7.76. The summed E-state index contributed by atoms with van der Waals surface area (Å²) < 4.78 is 1.78. The van der Waals surface area contributed by atoms with Crippen LogP contribution in [0.1, 0.15) is 12.5 Å². The summed E-state index contributed by atoms with van der Waals surface area (Å²) in [5.74, 6) is 0.501. The van der Waals surface area contributed by atoms with E-state index in [1.165, 1.54) is 5.56 Å². The Labute approximate surface area is 89.1 Å². The second kappa shape index (κ2) is 3.98. The van der Waals surface area contributed by atoms with Crippen LogP contribution in [0, 0.1) is 5.92 Å². The summed E-state index contributed by atoms with van der Waals surface area (Å²) in [6.07, 6.45) is 4.74. The van der Waals surface area contributed by atoms with Crippen molar-refractivity contribution in [1.29, 1.82) is 0 Å². The average molecular weight is 204 g/mol. The number of rotatable bonds is 3. The lowest BCUT2D eigenvalue weighted by molar-refractivity contribution is 0.592. The molecule has 4 heteroatoms. The van der Waals surface area contributed by atoms with Gasteiger partial charge in [-0.1, -0.05) is 6.92 Å². The maximum Gasteiger partial charge on any atom is 0.157 e. The Morgan fingerprint density at radius 1 is 1.47 bits per heavy atom. The van der Waals surface area contributed by atoms with Crippen LogP contribution < -0.4 is 5.73 Å². The van der Waals surface area contributed by atoms with E-state index in [0.717, 1.165) is 17.5 Å². The molecule has 2 heterocycles. The van der Waals surface area contributed by atoms with Crippen LogP contribution in [0.3, 0.4) is 0 Å². The second-order valence-corrected chi connectivity index (χ2v) is 4.07. The van der Waals surface area contributed by atoms with Gasteiger partial charge in [0.25, 0.3) is 0 Å². The molecular weight excluding hydrogens is 188 g/mol. The first kappa shape index (κ1) is 10.1. The van der Waals surface area contributed by atoms with Gasteiger partial charge in [-0.05, 0) is 30.5 Å². The standard InChI is InChI=1S/C11H16N4/c1-8(5-12)3-9-4-10-7-14-15(2)11(10)13-6-9/h4,6-8H,3,5,12H2,1-2H3. The summed E-state index contributed by atoms with van der Waals surface area (Å²) in [5, 5.41) is 5.26. The van der Waals surface area contributed by atoms with E-state index in [9.17, 15) is 0 Å². The molecule has 2 N–H and O–H groups in total. The molecule has 2 rings (SSSR count). The number of fused-ring (bicyclic) bond motifs is 1. The fourth-order valence-corrected chi connectivity index (χ4v) is 1.69. The van der Waals surface area contributed by atoms with E-state index in [2.05, 4.69) is 23.1 Å². The number of hydrogen-bond acceptors (Lipinski definition) is 3. The van der Waals surface area contributed by atoms with E-state index in [1.54, 1.807) is 4.68 Å². The van der Waals surface area contributed by atoms with E-state index in [1.807, 2.05) is 19.4 Å². The molecule has 0 amide bonds. The van der Waals surface area contributed by atoms with Gasteiger partial charge in [0.2, 0.25) is 0 Å². The third-order valence-corrected chi connectivity index (χ3v) is 2.61. The Morgan fingerprint density at radius 2 is 2.27 bits per heavy atom. The highest BCUT2D eigenvalue weighted by atomic mass is 15.3. The highest BCUT2D eigenvalue weighted by Crippen LogP contribution is 2.14. The summed E-state index contributed by atoms with van der Waals surface area (Å²) in [6, 6.07) is 2.14. The molecule has 0 aromatic carbocycles. The van der Waals surface area contributed by atoms with Crippen molar-refractivity contribution in [2.24, 2.45) is 18.7 Å². The first-order valence-corrected chi connectivity index (χ1v) is 5.17. The van der Waals surface area contributed by atoms with Crippen molar-refractivity contribution >= 4 is 11.0 Å². The van der Waals surface area contributed by atoms with E-state index in [0.29, 0.717) is 12.5 Å². The van der Waals surface area contributed by atoms with Crippen molar-refractivity contribution in [3.63, 3.8) is 0 Å². The molecule has 1 unspecified atom stereocenters. The lowest BCUT2D eigenvalue weighted by atomic mass is 10.0. The number of nitrogens with two attached hydrogens (primary N) is 1. The summed E-state index contributed by atoms with van der Waals surface area (Å²) in [7, 11) is 1.90. The zero-order valence-corrected chi connectivity index (χ0v) is 9.14. The zero-order chi connectivity index (χ0) is 10.8. The topological polar surface area (TPSA) is 56.7 Å². The third kappa shape index (κ3) is 1.99. The van der Waals surface area contributed by atoms with Gasteiger partial charge in [-0.3, -0.25) is 4.68 Å². The molecule has 0 aliphatic rings. The first-order valence-electron chi connectivity index (χ1n) is 5.17. The predicted octanol–water partition coefficient (Wildman–Crippen LogP) is 1.11. The van der Waals surface area contributed by atoms with Crippen LogP contribution in [0.25, 0.3) is 11.0 Å². The number of hydrogen-bond donors (Lipinski definition) is 1. The molecule has 2 aromatic rings. The van der Waals surface area contributed by atoms with Gasteiger partial charge in [0, 0.05) is 18.6 Å². The van der Waals surface area contributed by atoms with Crippen LogP contribution in [0.5, 0.6) is 0 Å².